The zero-order valence-corrected chi connectivity index (χ0v) is 21.7. The van der Waals surface area contributed by atoms with E-state index in [1.54, 1.807) is 11.8 Å². The number of esters is 1. The summed E-state index contributed by atoms with van der Waals surface area (Å²) in [5, 5.41) is 9.76. The molecule has 1 N–H and O–H groups in total. The summed E-state index contributed by atoms with van der Waals surface area (Å²) < 4.78 is 37.8. The van der Waals surface area contributed by atoms with Crippen LogP contribution < -0.4 is 4.74 Å². The molecule has 1 saturated heterocycles. The van der Waals surface area contributed by atoms with Crippen molar-refractivity contribution >= 4 is 34.6 Å². The maximum atomic E-state index is 13.5. The Morgan fingerprint density at radius 2 is 1.95 bits per heavy atom. The van der Waals surface area contributed by atoms with Gasteiger partial charge in [0, 0.05) is 56.7 Å². The Balaban J connectivity index is 1.34. The van der Waals surface area contributed by atoms with E-state index in [-0.39, 0.29) is 12.4 Å². The van der Waals surface area contributed by atoms with Gasteiger partial charge in [-0.15, -0.1) is 0 Å². The number of hydrogen-bond acceptors (Lipinski definition) is 8. The number of amidine groups is 1. The smallest absolute Gasteiger partial charge is 0.331 e. The number of carboxylic acids is 1. The van der Waals surface area contributed by atoms with E-state index < -0.39 is 29.7 Å². The maximum Gasteiger partial charge on any atom is 0.331 e. The molecule has 8 nitrogen and oxygen atoms in total. The van der Waals surface area contributed by atoms with Gasteiger partial charge in [-0.25, -0.2) is 23.4 Å². The quantitative estimate of drug-likeness (QED) is 0.370. The Labute approximate surface area is 223 Å². The monoisotopic (exact) mass is 545 g/mol. The normalized spacial score (nSPS) is 17.0. The standard InChI is InChI=1S/C27H29F2N3O5S/c1-31(27-30-24-5-3-2-4-18(24)17-38-27)19-10-12-32(13-11-19)15-21(37-26(35)9-8-25(33)34)16-36-20-6-7-22(28)23(29)14-20/h2-9,14,19,21H,10-13,15-17H2,1H3,(H,33,34)/b9-8-/t21-/m0/s1. The highest BCUT2D eigenvalue weighted by Gasteiger charge is 2.28. The molecule has 0 bridgehead atoms. The fraction of sp³-hybridized carbons (Fsp3) is 0.370. The molecule has 1 fully saturated rings. The van der Waals surface area contributed by atoms with Gasteiger partial charge in [0.15, 0.2) is 16.8 Å². The highest BCUT2D eigenvalue weighted by atomic mass is 32.2. The second-order valence-electron chi connectivity index (χ2n) is 9.07. The molecule has 0 radical (unpaired) electrons. The lowest BCUT2D eigenvalue weighted by Gasteiger charge is -2.39. The number of benzene rings is 2. The number of ether oxygens (including phenoxy) is 2. The molecule has 2 aliphatic heterocycles. The molecule has 0 unspecified atom stereocenters. The van der Waals surface area contributed by atoms with Crippen LogP contribution in [0.3, 0.4) is 0 Å². The number of fused-ring (bicyclic) bond motifs is 1. The molecular formula is C27H29F2N3O5S. The third-order valence-corrected chi connectivity index (χ3v) is 7.50. The fourth-order valence-corrected chi connectivity index (χ4v) is 5.40. The number of halogens is 2. The van der Waals surface area contributed by atoms with E-state index in [2.05, 4.69) is 22.9 Å². The van der Waals surface area contributed by atoms with E-state index in [4.69, 9.17) is 19.6 Å². The van der Waals surface area contributed by atoms with Crippen molar-refractivity contribution < 1.29 is 33.0 Å². The average Bonchev–Trinajstić information content (AvgIpc) is 2.92. The van der Waals surface area contributed by atoms with Crippen LogP contribution in [0.15, 0.2) is 59.6 Å². The third-order valence-electron chi connectivity index (χ3n) is 6.40. The first-order valence-electron chi connectivity index (χ1n) is 12.2. The van der Waals surface area contributed by atoms with E-state index >= 15 is 0 Å². The molecule has 0 saturated carbocycles. The summed E-state index contributed by atoms with van der Waals surface area (Å²) in [7, 11) is 2.06. The molecule has 0 spiro atoms. The number of likely N-dealkylation sites (tertiary alicyclic amines) is 1. The molecule has 0 aliphatic carbocycles. The zero-order valence-electron chi connectivity index (χ0n) is 20.9. The van der Waals surface area contributed by atoms with Crippen LogP contribution in [-0.2, 0) is 20.1 Å². The topological polar surface area (TPSA) is 91.7 Å². The number of carbonyl (C=O) groups excluding carboxylic acids is 1. The minimum Gasteiger partial charge on any atom is -0.490 e. The van der Waals surface area contributed by atoms with Gasteiger partial charge in [-0.05, 0) is 36.6 Å². The van der Waals surface area contributed by atoms with Crippen LogP contribution in [0.25, 0.3) is 0 Å². The van der Waals surface area contributed by atoms with Gasteiger partial charge in [0.25, 0.3) is 0 Å². The lowest BCUT2D eigenvalue weighted by Crippen LogP contribution is -2.48. The van der Waals surface area contributed by atoms with Gasteiger partial charge in [0.05, 0.1) is 5.69 Å². The third kappa shape index (κ3) is 7.55. The van der Waals surface area contributed by atoms with Crippen LogP contribution in [-0.4, -0.2) is 77.4 Å². The summed E-state index contributed by atoms with van der Waals surface area (Å²) in [6, 6.07) is 11.6. The van der Waals surface area contributed by atoms with Gasteiger partial charge in [0.2, 0.25) is 0 Å². The number of hydrogen-bond donors (Lipinski definition) is 1. The highest BCUT2D eigenvalue weighted by Crippen LogP contribution is 2.33. The molecule has 2 heterocycles. The number of nitrogens with zero attached hydrogens (tertiary/aromatic N) is 3. The van der Waals surface area contributed by atoms with Gasteiger partial charge in [-0.2, -0.15) is 0 Å². The molecule has 202 valence electrons. The second kappa shape index (κ2) is 12.9. The van der Waals surface area contributed by atoms with E-state index in [9.17, 15) is 18.4 Å². The Morgan fingerprint density at radius 1 is 1.18 bits per heavy atom. The lowest BCUT2D eigenvalue weighted by molar-refractivity contribution is -0.146. The molecule has 11 heteroatoms. The van der Waals surface area contributed by atoms with Crippen LogP contribution in [0.2, 0.25) is 0 Å². The summed E-state index contributed by atoms with van der Waals surface area (Å²) >= 11 is 1.73. The van der Waals surface area contributed by atoms with Crippen molar-refractivity contribution in [2.24, 2.45) is 4.99 Å². The number of para-hydroxylation sites is 1. The second-order valence-corrected chi connectivity index (χ2v) is 10.0. The molecule has 4 rings (SSSR count). The van der Waals surface area contributed by atoms with Crippen LogP contribution in [0.1, 0.15) is 18.4 Å². The first-order valence-corrected chi connectivity index (χ1v) is 13.2. The fourth-order valence-electron chi connectivity index (χ4n) is 4.36. The number of carbonyl (C=O) groups is 2. The molecule has 0 aromatic heterocycles. The molecule has 0 amide bonds. The van der Waals surface area contributed by atoms with Gasteiger partial charge in [-0.3, -0.25) is 4.90 Å². The summed E-state index contributed by atoms with van der Waals surface area (Å²) in [6.07, 6.45) is 2.52. The number of aliphatic imine (C=N–C) groups is 1. The Kier molecular flexibility index (Phi) is 9.35. The number of piperidine rings is 1. The van der Waals surface area contributed by atoms with Gasteiger partial charge >= 0.3 is 11.9 Å². The van der Waals surface area contributed by atoms with E-state index in [1.807, 2.05) is 18.2 Å². The van der Waals surface area contributed by atoms with Gasteiger partial charge < -0.3 is 19.5 Å². The lowest BCUT2D eigenvalue weighted by atomic mass is 10.0. The Bertz CT molecular complexity index is 1220. The molecule has 1 atom stereocenters. The van der Waals surface area contributed by atoms with Crippen molar-refractivity contribution in [1.29, 1.82) is 0 Å². The zero-order chi connectivity index (χ0) is 27.1. The highest BCUT2D eigenvalue weighted by molar-refractivity contribution is 8.13. The summed E-state index contributed by atoms with van der Waals surface area (Å²) in [5.41, 5.74) is 2.24. The average molecular weight is 546 g/mol. The van der Waals surface area contributed by atoms with Crippen molar-refractivity contribution in [2.75, 3.05) is 33.3 Å². The Morgan fingerprint density at radius 3 is 2.68 bits per heavy atom. The minimum atomic E-state index is -1.27. The van der Waals surface area contributed by atoms with Crippen molar-refractivity contribution in [3.8, 4) is 5.75 Å². The van der Waals surface area contributed by atoms with Crippen LogP contribution in [0.4, 0.5) is 14.5 Å². The van der Waals surface area contributed by atoms with Crippen molar-refractivity contribution in [2.45, 2.75) is 30.7 Å². The van der Waals surface area contributed by atoms with E-state index in [0.29, 0.717) is 18.7 Å². The maximum absolute atomic E-state index is 13.5. The number of aliphatic carboxylic acids is 1. The van der Waals surface area contributed by atoms with Crippen molar-refractivity contribution in [1.82, 2.24) is 9.80 Å². The van der Waals surface area contributed by atoms with Crippen molar-refractivity contribution in [3.05, 3.63) is 71.8 Å². The summed E-state index contributed by atoms with van der Waals surface area (Å²) in [5.74, 6) is -3.15. The van der Waals surface area contributed by atoms with E-state index in [0.717, 1.165) is 60.7 Å². The van der Waals surface area contributed by atoms with Gasteiger partial charge in [0.1, 0.15) is 18.5 Å². The SMILES string of the molecule is CN(C1=Nc2ccccc2CS1)C1CCN(C[C@@H](COc2ccc(F)c(F)c2)OC(=O)/C=C\C(=O)O)CC1. The van der Waals surface area contributed by atoms with Crippen LogP contribution >= 0.6 is 11.8 Å². The van der Waals surface area contributed by atoms with Gasteiger partial charge in [-0.1, -0.05) is 30.0 Å². The number of carboxylic acid groups (broad SMARTS) is 1. The minimum absolute atomic E-state index is 0.0960. The van der Waals surface area contributed by atoms with E-state index in [1.165, 1.54) is 11.6 Å². The first-order chi connectivity index (χ1) is 18.3. The molecule has 2 aromatic rings. The summed E-state index contributed by atoms with van der Waals surface area (Å²) in [6.45, 7) is 1.72. The predicted octanol–water partition coefficient (Wildman–Crippen LogP) is 4.23. The molecule has 38 heavy (non-hydrogen) atoms. The predicted molar refractivity (Wildman–Crippen MR) is 141 cm³/mol. The summed E-state index contributed by atoms with van der Waals surface area (Å²) in [4.78, 5) is 32.1. The number of thioether (sulfide) groups is 1. The Hall–Kier alpha value is -3.44. The largest absolute Gasteiger partial charge is 0.490 e. The van der Waals surface area contributed by atoms with Crippen LogP contribution in [0.5, 0.6) is 5.75 Å². The number of rotatable bonds is 9. The first kappa shape index (κ1) is 27.6. The molecule has 2 aromatic carbocycles. The van der Waals surface area contributed by atoms with Crippen LogP contribution in [0, 0.1) is 11.6 Å². The van der Waals surface area contributed by atoms with Crippen molar-refractivity contribution in [3.63, 3.8) is 0 Å². The molecular weight excluding hydrogens is 516 g/mol. The molecule has 2 aliphatic rings.